The normalized spacial score (nSPS) is 14.0. The van der Waals surface area contributed by atoms with Gasteiger partial charge in [0.05, 0.1) is 6.54 Å². The van der Waals surface area contributed by atoms with E-state index in [1.165, 1.54) is 19.3 Å². The summed E-state index contributed by atoms with van der Waals surface area (Å²) in [6.07, 6.45) is 7.68. The second kappa shape index (κ2) is 12.7. The van der Waals surface area contributed by atoms with Gasteiger partial charge in [0, 0.05) is 25.9 Å². The van der Waals surface area contributed by atoms with Crippen LogP contribution in [-0.2, 0) is 28.9 Å². The van der Waals surface area contributed by atoms with Gasteiger partial charge in [-0.3, -0.25) is 9.59 Å². The first-order valence-electron chi connectivity index (χ1n) is 11.3. The third-order valence-electron chi connectivity index (χ3n) is 5.64. The number of halogens is 3. The van der Waals surface area contributed by atoms with E-state index in [1.54, 1.807) is 4.90 Å². The predicted octanol–water partition coefficient (Wildman–Crippen LogP) is 4.80. The van der Waals surface area contributed by atoms with Gasteiger partial charge >= 0.3 is 12.1 Å². The van der Waals surface area contributed by atoms with Gasteiger partial charge < -0.3 is 14.6 Å². The molecule has 0 spiro atoms. The third-order valence-corrected chi connectivity index (χ3v) is 5.64. The van der Waals surface area contributed by atoms with Crippen LogP contribution in [0.4, 0.5) is 13.2 Å². The molecule has 0 aromatic carbocycles. The molecular formula is C21H33F3N4O3. The number of unbranched alkanes of at least 4 members (excludes halogenated alkanes) is 10. The minimum Gasteiger partial charge on any atom is -0.481 e. The van der Waals surface area contributed by atoms with Crippen molar-refractivity contribution in [2.75, 3.05) is 6.54 Å². The van der Waals surface area contributed by atoms with Crippen LogP contribution in [0.5, 0.6) is 0 Å². The van der Waals surface area contributed by atoms with Crippen molar-refractivity contribution in [3.63, 3.8) is 0 Å². The molecule has 1 N–H and O–H groups in total. The van der Waals surface area contributed by atoms with Crippen molar-refractivity contribution in [3.8, 4) is 0 Å². The molecule has 0 bridgehead atoms. The Balaban J connectivity index is 1.48. The number of rotatable bonds is 14. The standard InChI is InChI=1S/C21H33F3N4O3/c22-21(23,24)20-26-25-17-16-27(14-15-28(17)20)18(29)12-10-8-6-4-2-1-3-5-7-9-11-13-19(30)31/h1-16H2,(H,30,31). The molecule has 31 heavy (non-hydrogen) atoms. The van der Waals surface area contributed by atoms with Crippen LogP contribution in [0, 0.1) is 0 Å². The Morgan fingerprint density at radius 3 is 1.84 bits per heavy atom. The van der Waals surface area contributed by atoms with Crippen LogP contribution in [0.2, 0.25) is 0 Å². The van der Waals surface area contributed by atoms with Gasteiger partial charge in [-0.2, -0.15) is 13.2 Å². The van der Waals surface area contributed by atoms with Crippen molar-refractivity contribution in [3.05, 3.63) is 11.6 Å². The zero-order valence-electron chi connectivity index (χ0n) is 18.0. The molecule has 7 nitrogen and oxygen atoms in total. The fourth-order valence-electron chi connectivity index (χ4n) is 3.88. The largest absolute Gasteiger partial charge is 0.481 e. The maximum Gasteiger partial charge on any atom is 0.451 e. The number of aliphatic carboxylic acids is 1. The van der Waals surface area contributed by atoms with Gasteiger partial charge in [-0.15, -0.1) is 10.2 Å². The maximum absolute atomic E-state index is 12.9. The average molecular weight is 447 g/mol. The summed E-state index contributed by atoms with van der Waals surface area (Å²) in [7, 11) is 0. The highest BCUT2D eigenvalue weighted by Gasteiger charge is 2.39. The molecule has 0 saturated heterocycles. The summed E-state index contributed by atoms with van der Waals surface area (Å²) in [5.41, 5.74) is 0. The number of amides is 1. The summed E-state index contributed by atoms with van der Waals surface area (Å²) in [5, 5.41) is 15.4. The SMILES string of the molecule is O=C(O)CCCCCCCCCCCCCC(=O)N1CCn2c(nnc2C(F)(F)F)C1. The number of hydrogen-bond acceptors (Lipinski definition) is 4. The Hall–Kier alpha value is -2.13. The van der Waals surface area contributed by atoms with Crippen LogP contribution in [0.25, 0.3) is 0 Å². The molecule has 0 unspecified atom stereocenters. The Kier molecular flexibility index (Phi) is 10.3. The highest BCUT2D eigenvalue weighted by Crippen LogP contribution is 2.29. The second-order valence-corrected chi connectivity index (χ2v) is 8.19. The van der Waals surface area contributed by atoms with Crippen molar-refractivity contribution in [2.24, 2.45) is 0 Å². The first-order chi connectivity index (χ1) is 14.8. The topological polar surface area (TPSA) is 88.3 Å². The van der Waals surface area contributed by atoms with Crippen LogP contribution >= 0.6 is 0 Å². The Labute approximate surface area is 181 Å². The smallest absolute Gasteiger partial charge is 0.451 e. The van der Waals surface area contributed by atoms with Crippen LogP contribution in [0.15, 0.2) is 0 Å². The van der Waals surface area contributed by atoms with Gasteiger partial charge in [-0.1, -0.05) is 57.8 Å². The zero-order chi connectivity index (χ0) is 22.7. The van der Waals surface area contributed by atoms with Crippen molar-refractivity contribution >= 4 is 11.9 Å². The van der Waals surface area contributed by atoms with Crippen molar-refractivity contribution in [2.45, 2.75) is 103 Å². The average Bonchev–Trinajstić information content (AvgIpc) is 3.14. The van der Waals surface area contributed by atoms with E-state index < -0.39 is 18.0 Å². The summed E-state index contributed by atoms with van der Waals surface area (Å²) < 4.78 is 39.7. The number of nitrogens with zero attached hydrogens (tertiary/aromatic N) is 4. The quantitative estimate of drug-likeness (QED) is 0.415. The van der Waals surface area contributed by atoms with Crippen molar-refractivity contribution < 1.29 is 27.9 Å². The lowest BCUT2D eigenvalue weighted by atomic mass is 10.0. The molecule has 1 aliphatic rings. The second-order valence-electron chi connectivity index (χ2n) is 8.19. The van der Waals surface area contributed by atoms with Crippen molar-refractivity contribution in [1.82, 2.24) is 19.7 Å². The first kappa shape index (κ1) is 25.1. The Morgan fingerprint density at radius 1 is 0.806 bits per heavy atom. The fraction of sp³-hybridized carbons (Fsp3) is 0.810. The number of hydrogen-bond donors (Lipinski definition) is 1. The number of fused-ring (bicyclic) bond motifs is 1. The highest BCUT2D eigenvalue weighted by molar-refractivity contribution is 5.76. The predicted molar refractivity (Wildman–Crippen MR) is 108 cm³/mol. The number of carboxylic acid groups (broad SMARTS) is 1. The summed E-state index contributed by atoms with van der Waals surface area (Å²) in [6.45, 7) is 0.407. The summed E-state index contributed by atoms with van der Waals surface area (Å²) in [6, 6.07) is 0. The zero-order valence-corrected chi connectivity index (χ0v) is 18.0. The minimum atomic E-state index is -4.53. The van der Waals surface area contributed by atoms with Crippen LogP contribution in [-0.4, -0.2) is 43.2 Å². The van der Waals surface area contributed by atoms with Gasteiger partial charge in [-0.25, -0.2) is 0 Å². The number of aromatic nitrogens is 3. The van der Waals surface area contributed by atoms with Gasteiger partial charge in [0.1, 0.15) is 0 Å². The van der Waals surface area contributed by atoms with E-state index in [0.717, 1.165) is 55.9 Å². The molecule has 1 amide bonds. The fourth-order valence-corrected chi connectivity index (χ4v) is 3.88. The number of alkyl halides is 3. The van der Waals surface area contributed by atoms with Gasteiger partial charge in [0.15, 0.2) is 5.82 Å². The van der Waals surface area contributed by atoms with Crippen molar-refractivity contribution in [1.29, 1.82) is 0 Å². The van der Waals surface area contributed by atoms with E-state index in [1.807, 2.05) is 0 Å². The molecule has 1 aliphatic heterocycles. The molecule has 10 heteroatoms. The van der Waals surface area contributed by atoms with Crippen LogP contribution in [0.3, 0.4) is 0 Å². The monoisotopic (exact) mass is 446 g/mol. The molecule has 176 valence electrons. The molecule has 0 atom stereocenters. The highest BCUT2D eigenvalue weighted by atomic mass is 19.4. The molecule has 2 heterocycles. The molecule has 2 rings (SSSR count). The molecule has 1 aromatic heterocycles. The lowest BCUT2D eigenvalue weighted by molar-refractivity contribution is -0.148. The van der Waals surface area contributed by atoms with E-state index in [9.17, 15) is 22.8 Å². The number of carbonyl (C=O) groups is 2. The van der Waals surface area contributed by atoms with E-state index in [-0.39, 0.29) is 37.8 Å². The van der Waals surface area contributed by atoms with Gasteiger partial charge in [0.25, 0.3) is 0 Å². The molecule has 1 aromatic rings. The van der Waals surface area contributed by atoms with E-state index >= 15 is 0 Å². The Morgan fingerprint density at radius 2 is 1.32 bits per heavy atom. The molecule has 0 fully saturated rings. The summed E-state index contributed by atoms with van der Waals surface area (Å²) in [4.78, 5) is 24.3. The van der Waals surface area contributed by atoms with Gasteiger partial charge in [0.2, 0.25) is 11.7 Å². The minimum absolute atomic E-state index is 0.0364. The van der Waals surface area contributed by atoms with E-state index in [4.69, 9.17) is 5.11 Å². The summed E-state index contributed by atoms with van der Waals surface area (Å²) >= 11 is 0. The molecule has 0 aliphatic carbocycles. The molecular weight excluding hydrogens is 413 g/mol. The first-order valence-corrected chi connectivity index (χ1v) is 11.3. The third kappa shape index (κ3) is 8.86. The van der Waals surface area contributed by atoms with E-state index in [0.29, 0.717) is 6.42 Å². The van der Waals surface area contributed by atoms with Crippen LogP contribution in [0.1, 0.15) is 95.1 Å². The summed E-state index contributed by atoms with van der Waals surface area (Å²) in [5.74, 6) is -1.56. The molecule has 0 saturated carbocycles. The maximum atomic E-state index is 12.9. The lowest BCUT2D eigenvalue weighted by Crippen LogP contribution is -2.39. The Bertz CT molecular complexity index is 707. The van der Waals surface area contributed by atoms with E-state index in [2.05, 4.69) is 10.2 Å². The molecule has 0 radical (unpaired) electrons. The van der Waals surface area contributed by atoms with Gasteiger partial charge in [-0.05, 0) is 12.8 Å². The van der Waals surface area contributed by atoms with Crippen LogP contribution < -0.4 is 0 Å². The number of carboxylic acids is 1. The lowest BCUT2D eigenvalue weighted by Gasteiger charge is -2.28. The number of carbonyl (C=O) groups excluding carboxylic acids is 1.